The smallest absolute Gasteiger partial charge is 0.294 e. The van der Waals surface area contributed by atoms with Crippen LogP contribution in [0.4, 0.5) is 0 Å². The van der Waals surface area contributed by atoms with Gasteiger partial charge in [0.05, 0.1) is 66.1 Å². The average molecular weight is 1130 g/mol. The van der Waals surface area contributed by atoms with Crippen molar-refractivity contribution in [3.63, 3.8) is 0 Å². The lowest BCUT2D eigenvalue weighted by atomic mass is 9.71. The third-order valence-corrected chi connectivity index (χ3v) is 19.2. The molecular weight excluding hydrogens is 1080 g/mol. The molecule has 0 spiro atoms. The molecule has 1 fully saturated rings. The molecule has 0 aliphatic heterocycles. The van der Waals surface area contributed by atoms with Crippen molar-refractivity contribution in [3.8, 4) is 0 Å². The Morgan fingerprint density at radius 1 is 0.306 bits per heavy atom. The molecule has 13 atom stereocenters. The van der Waals surface area contributed by atoms with E-state index in [4.69, 9.17) is 0 Å². The van der Waals surface area contributed by atoms with Crippen molar-refractivity contribution in [3.05, 3.63) is 124 Å². The zero-order valence-corrected chi connectivity index (χ0v) is 41.9. The van der Waals surface area contributed by atoms with Crippen molar-refractivity contribution in [2.75, 3.05) is 0 Å². The number of hydrogen-bond donors (Lipinski definition) is 12. The predicted octanol–water partition coefficient (Wildman–Crippen LogP) is 0.553. The van der Waals surface area contributed by atoms with Gasteiger partial charge in [-0.2, -0.15) is 50.5 Å². The molecule has 1 saturated carbocycles. The van der Waals surface area contributed by atoms with E-state index < -0.39 is 213 Å². The van der Waals surface area contributed by atoms with Gasteiger partial charge in [-0.15, -0.1) is 0 Å². The van der Waals surface area contributed by atoms with E-state index in [-0.39, 0.29) is 27.9 Å². The monoisotopic (exact) mass is 1130 g/mol. The van der Waals surface area contributed by atoms with E-state index in [1.807, 2.05) is 0 Å². The maximum atomic E-state index is 12.7. The highest BCUT2D eigenvalue weighted by Gasteiger charge is 2.44. The molecule has 13 unspecified atom stereocenters. The Hall–Kier alpha value is -3.64. The fourth-order valence-corrected chi connectivity index (χ4v) is 14.5. The second-order valence-corrected chi connectivity index (χ2v) is 27.4. The summed E-state index contributed by atoms with van der Waals surface area (Å²) in [6.45, 7) is 0. The van der Waals surface area contributed by atoms with Crippen LogP contribution in [0.25, 0.3) is 0 Å². The maximum Gasteiger partial charge on any atom is 0.294 e. The third kappa shape index (κ3) is 12.2. The minimum absolute atomic E-state index is 0.326. The van der Waals surface area contributed by atoms with Crippen LogP contribution in [0, 0.1) is 41.4 Å². The fraction of sp³-hybridized carbons (Fsp3) is 0.476. The molecule has 72 heavy (non-hydrogen) atoms. The summed E-state index contributed by atoms with van der Waals surface area (Å²) in [4.78, 5) is -5.09. The van der Waals surface area contributed by atoms with Crippen molar-refractivity contribution in [2.24, 2.45) is 41.4 Å². The topological polar surface area (TPSA) is 448 Å². The van der Waals surface area contributed by atoms with Crippen LogP contribution in [0.2, 0.25) is 0 Å². The van der Waals surface area contributed by atoms with E-state index in [1.54, 1.807) is 0 Å². The van der Waals surface area contributed by atoms with Gasteiger partial charge in [-0.3, -0.25) is 27.3 Å². The first kappa shape index (κ1) is 56.1. The highest BCUT2D eigenvalue weighted by molar-refractivity contribution is 7.91. The van der Waals surface area contributed by atoms with E-state index in [0.717, 1.165) is 66.8 Å². The minimum Gasteiger partial charge on any atom is -0.392 e. The Kier molecular flexibility index (Phi) is 15.4. The molecule has 12 N–H and O–H groups in total. The highest BCUT2D eigenvalue weighted by atomic mass is 32.2. The zero-order valence-electron chi connectivity index (χ0n) is 37.0. The summed E-state index contributed by atoms with van der Waals surface area (Å²) in [5.41, 5.74) is -1.69. The van der Waals surface area contributed by atoms with Gasteiger partial charge in [0.25, 0.3) is 60.7 Å². The van der Waals surface area contributed by atoms with Gasteiger partial charge in [-0.1, -0.05) is 36.5 Å². The van der Waals surface area contributed by atoms with Gasteiger partial charge in [-0.25, -0.2) is 0 Å². The lowest BCUT2D eigenvalue weighted by Crippen LogP contribution is -2.39. The van der Waals surface area contributed by atoms with Crippen molar-refractivity contribution < 1.29 is 108 Å². The van der Waals surface area contributed by atoms with Crippen LogP contribution < -0.4 is 0 Å². The van der Waals surface area contributed by atoms with Crippen LogP contribution >= 0.6 is 0 Å². The van der Waals surface area contributed by atoms with Gasteiger partial charge in [0.15, 0.2) is 0 Å². The molecule has 12 bridgehead atoms. The molecular formula is C42H50O24S6. The van der Waals surface area contributed by atoms with Gasteiger partial charge < -0.3 is 30.6 Å². The number of hydrogen-bond acceptors (Lipinski definition) is 18. The van der Waals surface area contributed by atoms with E-state index >= 15 is 0 Å². The summed E-state index contributed by atoms with van der Waals surface area (Å²) in [6, 6.07) is 0. The van der Waals surface area contributed by atoms with E-state index in [1.165, 1.54) is 0 Å². The summed E-state index contributed by atoms with van der Waals surface area (Å²) in [5.74, 6) is -10.5. The number of rotatable bonds is 6. The quantitative estimate of drug-likeness (QED) is 0.162. The molecule has 7 aliphatic carbocycles. The van der Waals surface area contributed by atoms with Gasteiger partial charge in [0, 0.05) is 35.5 Å². The summed E-state index contributed by atoms with van der Waals surface area (Å²) in [6.07, 6.45) is -6.78. The molecule has 7 aliphatic rings. The Morgan fingerprint density at radius 2 is 0.542 bits per heavy atom. The molecule has 7 rings (SSSR count). The van der Waals surface area contributed by atoms with E-state index in [9.17, 15) is 108 Å². The van der Waals surface area contributed by atoms with Crippen molar-refractivity contribution >= 4 is 60.7 Å². The second kappa shape index (κ2) is 19.8. The van der Waals surface area contributed by atoms with Crippen LogP contribution in [0.15, 0.2) is 124 Å². The first-order valence-electron chi connectivity index (χ1n) is 21.7. The SMILES string of the molecule is O=S(=O)(O)C1=CC2CC3=CC(S(=O)(=O)O)=CC(CC4=CC(S(=O)(=O)O)=CC(CC5CC(S(=O)(=O)O)=CC(CC6=CC(S(=O)(=O)O)=CC(CC7=CC(S(=O)(=O)O)=CC(CC(=C1)C2O)C7O)C6O)C5O)C4O)C3O. The number of allylic oxidation sites excluding steroid dienone is 6. The molecule has 24 nitrogen and oxygen atoms in total. The van der Waals surface area contributed by atoms with Gasteiger partial charge in [0.2, 0.25) is 0 Å². The lowest BCUT2D eigenvalue weighted by Gasteiger charge is -2.39. The molecule has 0 radical (unpaired) electrons. The van der Waals surface area contributed by atoms with Crippen LogP contribution in [-0.2, 0) is 60.7 Å². The largest absolute Gasteiger partial charge is 0.392 e. The summed E-state index contributed by atoms with van der Waals surface area (Å²) in [5, 5.41) is 71.1. The number of fused-ring (bicyclic) bond motifs is 12. The average Bonchev–Trinajstić information content (AvgIpc) is 3.23. The summed E-state index contributed by atoms with van der Waals surface area (Å²) in [7, 11) is -31.1. The van der Waals surface area contributed by atoms with Gasteiger partial charge in [-0.05, 0) is 109 Å². The first-order valence-corrected chi connectivity index (χ1v) is 30.3. The van der Waals surface area contributed by atoms with Gasteiger partial charge in [0.1, 0.15) is 0 Å². The van der Waals surface area contributed by atoms with Crippen LogP contribution in [0.3, 0.4) is 0 Å². The summed E-state index contributed by atoms with van der Waals surface area (Å²) >= 11 is 0. The molecule has 0 heterocycles. The normalized spacial score (nSPS) is 34.6. The van der Waals surface area contributed by atoms with Crippen molar-refractivity contribution in [2.45, 2.75) is 81.6 Å². The third-order valence-electron chi connectivity index (χ3n) is 14.0. The first-order chi connectivity index (χ1) is 32.9. The Morgan fingerprint density at radius 3 is 0.792 bits per heavy atom. The number of aliphatic hydroxyl groups is 6. The zero-order chi connectivity index (χ0) is 53.6. The Balaban J connectivity index is 1.41. The molecule has 0 aromatic carbocycles. The molecule has 0 aromatic heterocycles. The Bertz CT molecular complexity index is 3280. The standard InChI is InChI=1S/C42H50O24S6/c43-37-19-1-20-8-32(68(52,53)54)10-22(38(20)44)3-24-12-34(70(58,59)60)14-26(40(24)46)5-28-16-36(72(64,65)66)18-30(42(28)48)6-29-17-35(71(61,62)63)15-27(41(29)47)4-25-13-33(69(55,56)57)11-23(39(25)45)2-21(37)9-31(7-19)67(49,50)51/h7-17,20-21,24-25,28-30,37-48H,1-6,18H2,(H,49,50,51)(H,52,53,54)(H,55,56,57)(H,58,59,60)(H,61,62,63)(H,64,65,66). The van der Waals surface area contributed by atoms with Crippen LogP contribution in [0.5, 0.6) is 0 Å². The molecule has 398 valence electrons. The lowest BCUT2D eigenvalue weighted by molar-refractivity contribution is 0.0367. The minimum atomic E-state index is -5.19. The molecule has 30 heteroatoms. The van der Waals surface area contributed by atoms with Crippen molar-refractivity contribution in [1.29, 1.82) is 0 Å². The summed E-state index contributed by atoms with van der Waals surface area (Å²) < 4.78 is 214. The van der Waals surface area contributed by atoms with E-state index in [2.05, 4.69) is 0 Å². The fourth-order valence-electron chi connectivity index (χ4n) is 10.5. The molecule has 0 amide bonds. The van der Waals surface area contributed by atoms with Crippen molar-refractivity contribution in [1.82, 2.24) is 0 Å². The van der Waals surface area contributed by atoms with Crippen LogP contribution in [0.1, 0.15) is 44.9 Å². The highest BCUT2D eigenvalue weighted by Crippen LogP contribution is 2.46. The predicted molar refractivity (Wildman–Crippen MR) is 251 cm³/mol. The van der Waals surface area contributed by atoms with Gasteiger partial charge >= 0.3 is 0 Å². The molecule has 0 saturated heterocycles. The Labute approximate surface area is 414 Å². The second-order valence-electron chi connectivity index (χ2n) is 18.8. The van der Waals surface area contributed by atoms with Crippen LogP contribution in [-0.4, -0.2) is 145 Å². The number of aliphatic hydroxyl groups excluding tert-OH is 6. The van der Waals surface area contributed by atoms with E-state index in [0.29, 0.717) is 0 Å². The molecule has 0 aromatic rings. The maximum absolute atomic E-state index is 12.7.